The predicted molar refractivity (Wildman–Crippen MR) is 149 cm³/mol. The van der Waals surface area contributed by atoms with Crippen molar-refractivity contribution in [3.63, 3.8) is 0 Å². The highest BCUT2D eigenvalue weighted by Crippen LogP contribution is 2.25. The zero-order valence-electron chi connectivity index (χ0n) is 21.2. The van der Waals surface area contributed by atoms with Gasteiger partial charge in [0, 0.05) is 32.5 Å². The van der Waals surface area contributed by atoms with Crippen LogP contribution in [0.15, 0.2) is 71.9 Å². The summed E-state index contributed by atoms with van der Waals surface area (Å²) in [5.74, 6) is 1.00. The van der Waals surface area contributed by atoms with Gasteiger partial charge in [-0.25, -0.2) is 0 Å². The number of piperidine rings is 1. The number of likely N-dealkylation sites (tertiary alicyclic amines) is 1. The lowest BCUT2D eigenvalue weighted by Gasteiger charge is -2.32. The number of amides is 1. The maximum Gasteiger partial charge on any atom is 0.253 e. The number of hydrogen-bond donors (Lipinski definition) is 2. The molecule has 0 bridgehead atoms. The SMILES string of the molecule is CNC(=O)c1ccnc(CNCC2CCN(Cc3ccccc3)CC2)c1N=CCOc1ccccc1Cl. The van der Waals surface area contributed by atoms with Gasteiger partial charge in [-0.15, -0.1) is 0 Å². The molecule has 7 nitrogen and oxygen atoms in total. The molecule has 2 heterocycles. The van der Waals surface area contributed by atoms with Crippen molar-refractivity contribution < 1.29 is 9.53 Å². The molecule has 2 N–H and O–H groups in total. The predicted octanol–water partition coefficient (Wildman–Crippen LogP) is 4.88. The van der Waals surface area contributed by atoms with E-state index in [0.717, 1.165) is 44.7 Å². The summed E-state index contributed by atoms with van der Waals surface area (Å²) in [7, 11) is 1.61. The Kier molecular flexibility index (Phi) is 10.1. The highest BCUT2D eigenvalue weighted by atomic mass is 35.5. The van der Waals surface area contributed by atoms with E-state index < -0.39 is 0 Å². The van der Waals surface area contributed by atoms with Gasteiger partial charge in [0.15, 0.2) is 0 Å². The first-order valence-electron chi connectivity index (χ1n) is 12.7. The molecule has 1 fully saturated rings. The number of benzene rings is 2. The Morgan fingerprint density at radius 1 is 1.14 bits per heavy atom. The van der Waals surface area contributed by atoms with Gasteiger partial charge in [-0.3, -0.25) is 19.7 Å². The fourth-order valence-corrected chi connectivity index (χ4v) is 4.68. The number of halogens is 1. The Hall–Kier alpha value is -3.26. The Labute approximate surface area is 223 Å². The molecule has 4 rings (SSSR count). The van der Waals surface area contributed by atoms with E-state index >= 15 is 0 Å². The summed E-state index contributed by atoms with van der Waals surface area (Å²) in [6.45, 7) is 4.88. The van der Waals surface area contributed by atoms with Gasteiger partial charge in [-0.05, 0) is 62.2 Å². The zero-order chi connectivity index (χ0) is 25.9. The average Bonchev–Trinajstić information content (AvgIpc) is 2.93. The van der Waals surface area contributed by atoms with Crippen LogP contribution >= 0.6 is 11.6 Å². The molecule has 8 heteroatoms. The van der Waals surface area contributed by atoms with Gasteiger partial charge in [-0.2, -0.15) is 0 Å². The lowest BCUT2D eigenvalue weighted by atomic mass is 9.96. The molecular weight excluding hydrogens is 486 g/mol. The van der Waals surface area contributed by atoms with Gasteiger partial charge in [0.2, 0.25) is 0 Å². The number of rotatable bonds is 11. The number of nitrogens with one attached hydrogen (secondary N) is 2. The Bertz CT molecular complexity index is 1180. The number of aliphatic imine (C=N–C) groups is 1. The van der Waals surface area contributed by atoms with E-state index in [0.29, 0.717) is 34.5 Å². The number of aromatic nitrogens is 1. The Balaban J connectivity index is 1.31. The average molecular weight is 520 g/mol. The van der Waals surface area contributed by atoms with Gasteiger partial charge in [-0.1, -0.05) is 54.1 Å². The molecular formula is C29H34ClN5O2. The van der Waals surface area contributed by atoms with Gasteiger partial charge in [0.25, 0.3) is 5.91 Å². The van der Waals surface area contributed by atoms with Crippen LogP contribution in [0.4, 0.5) is 5.69 Å². The molecule has 0 aliphatic carbocycles. The minimum atomic E-state index is -0.200. The van der Waals surface area contributed by atoms with Crippen molar-refractivity contribution in [1.29, 1.82) is 0 Å². The molecule has 2 aromatic carbocycles. The zero-order valence-corrected chi connectivity index (χ0v) is 22.0. The minimum absolute atomic E-state index is 0.200. The highest BCUT2D eigenvalue weighted by Gasteiger charge is 2.20. The van der Waals surface area contributed by atoms with Crippen LogP contribution in [0.1, 0.15) is 34.5 Å². The summed E-state index contributed by atoms with van der Waals surface area (Å²) < 4.78 is 5.71. The van der Waals surface area contributed by atoms with Crippen LogP contribution in [0.5, 0.6) is 5.75 Å². The van der Waals surface area contributed by atoms with Gasteiger partial charge in [0.1, 0.15) is 12.4 Å². The number of hydrogen-bond acceptors (Lipinski definition) is 6. The molecule has 0 radical (unpaired) electrons. The quantitative estimate of drug-likeness (QED) is 0.353. The van der Waals surface area contributed by atoms with Crippen LogP contribution in [0.2, 0.25) is 5.02 Å². The molecule has 0 atom stereocenters. The van der Waals surface area contributed by atoms with Crippen molar-refractivity contribution in [2.45, 2.75) is 25.9 Å². The lowest BCUT2D eigenvalue weighted by Crippen LogP contribution is -2.36. The normalized spacial score (nSPS) is 14.6. The highest BCUT2D eigenvalue weighted by molar-refractivity contribution is 6.32. The minimum Gasteiger partial charge on any atom is -0.486 e. The molecule has 0 unspecified atom stereocenters. The molecule has 0 saturated carbocycles. The van der Waals surface area contributed by atoms with Crippen molar-refractivity contribution in [2.24, 2.45) is 10.9 Å². The molecule has 1 aliphatic rings. The molecule has 1 saturated heterocycles. The van der Waals surface area contributed by atoms with Crippen molar-refractivity contribution in [1.82, 2.24) is 20.5 Å². The topological polar surface area (TPSA) is 78.9 Å². The van der Waals surface area contributed by atoms with E-state index in [1.807, 2.05) is 12.1 Å². The first-order valence-corrected chi connectivity index (χ1v) is 13.1. The second-order valence-corrected chi connectivity index (χ2v) is 9.53. The number of para-hydroxylation sites is 1. The standard InChI is InChI=1S/C29H34ClN5O2/c1-31-29(36)24-11-14-33-26(28(24)34-15-18-37-27-10-6-5-9-25(27)30)20-32-19-22-12-16-35(17-13-22)21-23-7-3-2-4-8-23/h2-11,14-15,22,32H,12-13,16-21H2,1H3,(H,31,36). The molecule has 1 aromatic heterocycles. The number of carbonyl (C=O) groups excluding carboxylic acids is 1. The van der Waals surface area contributed by atoms with E-state index in [1.165, 1.54) is 5.56 Å². The van der Waals surface area contributed by atoms with E-state index in [4.69, 9.17) is 16.3 Å². The third kappa shape index (κ3) is 7.86. The molecule has 1 amide bonds. The molecule has 0 spiro atoms. The first-order chi connectivity index (χ1) is 18.1. The number of pyridine rings is 1. The van der Waals surface area contributed by atoms with E-state index in [9.17, 15) is 4.79 Å². The van der Waals surface area contributed by atoms with Crippen LogP contribution < -0.4 is 15.4 Å². The smallest absolute Gasteiger partial charge is 0.253 e. The monoisotopic (exact) mass is 519 g/mol. The molecule has 194 valence electrons. The summed E-state index contributed by atoms with van der Waals surface area (Å²) in [6.07, 6.45) is 5.62. The maximum atomic E-state index is 12.5. The van der Waals surface area contributed by atoms with Crippen molar-refractivity contribution in [3.05, 3.63) is 88.7 Å². The fraction of sp³-hybridized carbons (Fsp3) is 0.345. The van der Waals surface area contributed by atoms with Crippen LogP contribution in [-0.4, -0.2) is 55.3 Å². The summed E-state index contributed by atoms with van der Waals surface area (Å²) in [5.41, 5.74) is 3.13. The lowest BCUT2D eigenvalue weighted by molar-refractivity contribution is 0.0963. The molecule has 1 aliphatic heterocycles. The van der Waals surface area contributed by atoms with E-state index in [-0.39, 0.29) is 12.5 Å². The summed E-state index contributed by atoms with van der Waals surface area (Å²) in [4.78, 5) is 24.1. The van der Waals surface area contributed by atoms with Crippen molar-refractivity contribution in [2.75, 3.05) is 33.3 Å². The molecule has 3 aromatic rings. The first kappa shape index (κ1) is 26.8. The number of carbonyl (C=O) groups is 1. The Morgan fingerprint density at radius 2 is 1.89 bits per heavy atom. The van der Waals surface area contributed by atoms with Crippen LogP contribution in [-0.2, 0) is 13.1 Å². The van der Waals surface area contributed by atoms with Crippen LogP contribution in [0.3, 0.4) is 0 Å². The van der Waals surface area contributed by atoms with Crippen LogP contribution in [0, 0.1) is 5.92 Å². The third-order valence-electron chi connectivity index (χ3n) is 6.52. The maximum absolute atomic E-state index is 12.5. The molecule has 37 heavy (non-hydrogen) atoms. The van der Waals surface area contributed by atoms with E-state index in [2.05, 4.69) is 55.8 Å². The Morgan fingerprint density at radius 3 is 2.65 bits per heavy atom. The second kappa shape index (κ2) is 13.9. The summed E-state index contributed by atoms with van der Waals surface area (Å²) >= 11 is 6.15. The fourth-order valence-electron chi connectivity index (χ4n) is 4.49. The summed E-state index contributed by atoms with van der Waals surface area (Å²) in [5, 5.41) is 6.78. The third-order valence-corrected chi connectivity index (χ3v) is 6.84. The van der Waals surface area contributed by atoms with Crippen LogP contribution in [0.25, 0.3) is 0 Å². The van der Waals surface area contributed by atoms with Gasteiger partial charge < -0.3 is 15.4 Å². The second-order valence-electron chi connectivity index (χ2n) is 9.12. The van der Waals surface area contributed by atoms with Crippen molar-refractivity contribution >= 4 is 29.4 Å². The van der Waals surface area contributed by atoms with Crippen molar-refractivity contribution in [3.8, 4) is 5.75 Å². The van der Waals surface area contributed by atoms with Gasteiger partial charge >= 0.3 is 0 Å². The van der Waals surface area contributed by atoms with E-state index in [1.54, 1.807) is 37.7 Å². The number of nitrogens with zero attached hydrogens (tertiary/aromatic N) is 3. The summed E-state index contributed by atoms with van der Waals surface area (Å²) in [6, 6.07) is 19.6. The number of ether oxygens (including phenoxy) is 1. The van der Waals surface area contributed by atoms with Gasteiger partial charge in [0.05, 0.1) is 22.0 Å². The largest absolute Gasteiger partial charge is 0.486 e.